The highest BCUT2D eigenvalue weighted by Crippen LogP contribution is 2.32. The second-order valence-corrected chi connectivity index (χ2v) is 8.72. The zero-order valence-corrected chi connectivity index (χ0v) is 17.8. The molecular formula is C22H31N3O2S. The van der Waals surface area contributed by atoms with E-state index in [9.17, 15) is 9.59 Å². The first-order chi connectivity index (χ1) is 13.6. The highest BCUT2D eigenvalue weighted by Gasteiger charge is 2.23. The van der Waals surface area contributed by atoms with Crippen LogP contribution in [0.4, 0.5) is 0 Å². The van der Waals surface area contributed by atoms with E-state index >= 15 is 0 Å². The van der Waals surface area contributed by atoms with Gasteiger partial charge in [-0.3, -0.25) is 14.2 Å². The van der Waals surface area contributed by atoms with Gasteiger partial charge in [-0.2, -0.15) is 0 Å². The summed E-state index contributed by atoms with van der Waals surface area (Å²) in [6.07, 6.45) is 8.83. The molecular weight excluding hydrogens is 370 g/mol. The fourth-order valence-corrected chi connectivity index (χ4v) is 4.81. The summed E-state index contributed by atoms with van der Waals surface area (Å²) in [5.41, 5.74) is 0.728. The van der Waals surface area contributed by atoms with Gasteiger partial charge in [-0.25, -0.2) is 4.98 Å². The molecule has 3 rings (SSSR count). The first-order valence-corrected chi connectivity index (χ1v) is 11.5. The Balaban J connectivity index is 1.73. The molecule has 0 bridgehead atoms. The van der Waals surface area contributed by atoms with Gasteiger partial charge in [0.15, 0.2) is 5.16 Å². The Labute approximate surface area is 171 Å². The maximum Gasteiger partial charge on any atom is 0.262 e. The first-order valence-electron chi connectivity index (χ1n) is 10.5. The molecule has 0 spiro atoms. The topological polar surface area (TPSA) is 64.0 Å². The summed E-state index contributed by atoms with van der Waals surface area (Å²) in [5.74, 6) is 0.296. The van der Waals surface area contributed by atoms with E-state index < -0.39 is 0 Å². The average Bonchev–Trinajstić information content (AvgIpc) is 3.21. The van der Waals surface area contributed by atoms with Crippen LogP contribution >= 0.6 is 11.8 Å². The second-order valence-electron chi connectivity index (χ2n) is 7.78. The minimum atomic E-state index is 0.00868. The van der Waals surface area contributed by atoms with Gasteiger partial charge in [0.2, 0.25) is 5.91 Å². The average molecular weight is 402 g/mol. The fraction of sp³-hybridized carbons (Fsp3) is 0.591. The highest BCUT2D eigenvalue weighted by atomic mass is 32.2. The summed E-state index contributed by atoms with van der Waals surface area (Å²) in [4.78, 5) is 30.2. The number of unbranched alkanes of at least 4 members (excludes halogenated alkanes) is 2. The van der Waals surface area contributed by atoms with Gasteiger partial charge in [-0.05, 0) is 38.3 Å². The number of carbonyl (C=O) groups excluding carboxylic acids is 1. The predicted molar refractivity (Wildman–Crippen MR) is 116 cm³/mol. The van der Waals surface area contributed by atoms with Crippen LogP contribution in [0.5, 0.6) is 0 Å². The number of fused-ring (bicyclic) bond motifs is 1. The zero-order valence-electron chi connectivity index (χ0n) is 16.9. The van der Waals surface area contributed by atoms with Crippen molar-refractivity contribution in [2.24, 2.45) is 0 Å². The predicted octanol–water partition coefficient (Wildman–Crippen LogP) is 4.69. The van der Waals surface area contributed by atoms with Gasteiger partial charge in [0, 0.05) is 12.1 Å². The van der Waals surface area contributed by atoms with Crippen molar-refractivity contribution in [2.75, 3.05) is 5.75 Å². The number of thioether (sulfide) groups is 1. The number of hydrogen-bond acceptors (Lipinski definition) is 4. The molecule has 28 heavy (non-hydrogen) atoms. The van der Waals surface area contributed by atoms with E-state index in [1.54, 1.807) is 0 Å². The normalized spacial score (nSPS) is 15.8. The molecule has 1 aliphatic carbocycles. The number of nitrogens with one attached hydrogen (secondary N) is 1. The quantitative estimate of drug-likeness (QED) is 0.376. The maximum atomic E-state index is 13.1. The third-order valence-electron chi connectivity index (χ3n) is 5.45. The standard InChI is InChI=1S/C22H31N3O2S/c1-3-4-5-10-16(2)23-20(26)15-28-22-24-19-14-9-8-13-18(19)21(27)25(22)17-11-6-7-12-17/h8-9,13-14,16-17H,3-7,10-12,15H2,1-2H3,(H,23,26)/t16-/m1/s1. The van der Waals surface area contributed by atoms with Crippen molar-refractivity contribution in [1.29, 1.82) is 0 Å². The number of carbonyl (C=O) groups is 1. The number of aromatic nitrogens is 2. The molecule has 1 saturated carbocycles. The Bertz CT molecular complexity index is 858. The van der Waals surface area contributed by atoms with Crippen molar-refractivity contribution in [3.63, 3.8) is 0 Å². The highest BCUT2D eigenvalue weighted by molar-refractivity contribution is 7.99. The van der Waals surface area contributed by atoms with Crippen LogP contribution in [0.2, 0.25) is 0 Å². The summed E-state index contributed by atoms with van der Waals surface area (Å²) in [6.45, 7) is 4.24. The van der Waals surface area contributed by atoms with Gasteiger partial charge in [0.25, 0.3) is 5.56 Å². The number of hydrogen-bond donors (Lipinski definition) is 1. The molecule has 0 radical (unpaired) electrons. The lowest BCUT2D eigenvalue weighted by Crippen LogP contribution is -2.34. The third kappa shape index (κ3) is 5.16. The van der Waals surface area contributed by atoms with Crippen LogP contribution in [-0.2, 0) is 4.79 Å². The summed E-state index contributed by atoms with van der Waals surface area (Å²) in [5, 5.41) is 4.41. The maximum absolute atomic E-state index is 13.1. The molecule has 1 N–H and O–H groups in total. The van der Waals surface area contributed by atoms with Crippen LogP contribution < -0.4 is 10.9 Å². The number of rotatable bonds is 9. The van der Waals surface area contributed by atoms with Gasteiger partial charge in [0.05, 0.1) is 16.7 Å². The van der Waals surface area contributed by atoms with E-state index in [0.29, 0.717) is 16.1 Å². The van der Waals surface area contributed by atoms with E-state index in [-0.39, 0.29) is 29.3 Å². The smallest absolute Gasteiger partial charge is 0.262 e. The minimum Gasteiger partial charge on any atom is -0.353 e. The molecule has 5 nitrogen and oxygen atoms in total. The Kier molecular flexibility index (Phi) is 7.54. The summed E-state index contributed by atoms with van der Waals surface area (Å²) < 4.78 is 1.85. The van der Waals surface area contributed by atoms with E-state index in [4.69, 9.17) is 4.98 Å². The van der Waals surface area contributed by atoms with Crippen LogP contribution in [0.25, 0.3) is 10.9 Å². The molecule has 6 heteroatoms. The van der Waals surface area contributed by atoms with Crippen molar-refractivity contribution < 1.29 is 4.79 Å². The number of nitrogens with zero attached hydrogens (tertiary/aromatic N) is 2. The molecule has 1 aliphatic rings. The molecule has 152 valence electrons. The van der Waals surface area contributed by atoms with Crippen molar-refractivity contribution in [3.05, 3.63) is 34.6 Å². The molecule has 0 unspecified atom stereocenters. The van der Waals surface area contributed by atoms with Gasteiger partial charge < -0.3 is 5.32 Å². The monoisotopic (exact) mass is 401 g/mol. The lowest BCUT2D eigenvalue weighted by atomic mass is 10.1. The summed E-state index contributed by atoms with van der Waals surface area (Å²) in [6, 6.07) is 7.87. The van der Waals surface area contributed by atoms with Gasteiger partial charge in [0.1, 0.15) is 0 Å². The van der Waals surface area contributed by atoms with Gasteiger partial charge in [-0.15, -0.1) is 0 Å². The van der Waals surface area contributed by atoms with Crippen LogP contribution in [0, 0.1) is 0 Å². The fourth-order valence-electron chi connectivity index (χ4n) is 3.93. The van der Waals surface area contributed by atoms with Gasteiger partial charge in [-0.1, -0.05) is 62.9 Å². The second kappa shape index (κ2) is 10.1. The van der Waals surface area contributed by atoms with Crippen molar-refractivity contribution in [3.8, 4) is 0 Å². The van der Waals surface area contributed by atoms with Crippen molar-refractivity contribution in [1.82, 2.24) is 14.9 Å². The van der Waals surface area contributed by atoms with E-state index in [0.717, 1.165) is 38.5 Å². The molecule has 1 fully saturated rings. The van der Waals surface area contributed by atoms with Gasteiger partial charge >= 0.3 is 0 Å². The summed E-state index contributed by atoms with van der Waals surface area (Å²) >= 11 is 1.38. The molecule has 1 aromatic heterocycles. The molecule has 1 amide bonds. The summed E-state index contributed by atoms with van der Waals surface area (Å²) in [7, 11) is 0. The van der Waals surface area contributed by atoms with Crippen molar-refractivity contribution in [2.45, 2.75) is 82.5 Å². The molecule has 1 heterocycles. The Morgan fingerprint density at radius 1 is 1.29 bits per heavy atom. The van der Waals surface area contributed by atoms with Crippen LogP contribution in [-0.4, -0.2) is 27.3 Å². The van der Waals surface area contributed by atoms with E-state index in [2.05, 4.69) is 19.2 Å². The Hall–Kier alpha value is -1.82. The Morgan fingerprint density at radius 3 is 2.79 bits per heavy atom. The molecule has 2 aromatic rings. The SMILES string of the molecule is CCCCC[C@@H](C)NC(=O)CSc1nc2ccccc2c(=O)n1C1CCCC1. The number of para-hydroxylation sites is 1. The first kappa shape index (κ1) is 20.9. The lowest BCUT2D eigenvalue weighted by Gasteiger charge is -2.19. The third-order valence-corrected chi connectivity index (χ3v) is 6.40. The van der Waals surface area contributed by atoms with E-state index in [1.807, 2.05) is 28.8 Å². The van der Waals surface area contributed by atoms with Crippen LogP contribution in [0.15, 0.2) is 34.2 Å². The minimum absolute atomic E-state index is 0.00868. The van der Waals surface area contributed by atoms with Crippen LogP contribution in [0.3, 0.4) is 0 Å². The van der Waals surface area contributed by atoms with E-state index in [1.165, 1.54) is 24.6 Å². The molecule has 0 saturated heterocycles. The lowest BCUT2D eigenvalue weighted by molar-refractivity contribution is -0.119. The molecule has 0 aliphatic heterocycles. The largest absolute Gasteiger partial charge is 0.353 e. The number of benzene rings is 1. The zero-order chi connectivity index (χ0) is 19.9. The number of amides is 1. The van der Waals surface area contributed by atoms with Crippen molar-refractivity contribution >= 4 is 28.6 Å². The molecule has 1 atom stereocenters. The van der Waals surface area contributed by atoms with Crippen LogP contribution in [0.1, 0.15) is 71.3 Å². The molecule has 1 aromatic carbocycles. The Morgan fingerprint density at radius 2 is 2.04 bits per heavy atom.